The van der Waals surface area contributed by atoms with Crippen molar-refractivity contribution in [3.63, 3.8) is 0 Å². The Kier molecular flexibility index (Phi) is 6.59. The van der Waals surface area contributed by atoms with Gasteiger partial charge in [-0.25, -0.2) is 4.79 Å². The molecule has 7 heteroatoms. The fraction of sp³-hybridized carbons (Fsp3) is 0.350. The van der Waals surface area contributed by atoms with E-state index in [1.54, 1.807) is 30.3 Å². The first-order valence-electron chi connectivity index (χ1n) is 9.03. The maximum atomic E-state index is 12.1. The lowest BCUT2D eigenvalue weighted by atomic mass is 9.95. The fourth-order valence-electron chi connectivity index (χ4n) is 3.02. The van der Waals surface area contributed by atoms with Gasteiger partial charge in [-0.15, -0.1) is 11.3 Å². The topological polar surface area (TPSA) is 84.5 Å². The molecule has 0 unspecified atom stereocenters. The molecule has 1 heterocycles. The van der Waals surface area contributed by atoms with Crippen molar-refractivity contribution in [1.82, 2.24) is 5.32 Å². The summed E-state index contributed by atoms with van der Waals surface area (Å²) in [4.78, 5) is 36.6. The summed E-state index contributed by atoms with van der Waals surface area (Å²) < 4.78 is 5.07. The van der Waals surface area contributed by atoms with Crippen molar-refractivity contribution >= 4 is 34.8 Å². The molecule has 2 amide bonds. The summed E-state index contributed by atoms with van der Waals surface area (Å²) in [6.45, 7) is -0.286. The van der Waals surface area contributed by atoms with E-state index in [-0.39, 0.29) is 24.5 Å². The second-order valence-corrected chi connectivity index (χ2v) is 7.44. The fourth-order valence-corrected chi connectivity index (χ4v) is 3.64. The number of rotatable bonds is 6. The summed E-state index contributed by atoms with van der Waals surface area (Å²) in [5.74, 6) is -1.03. The number of carbonyl (C=O) groups is 3. The van der Waals surface area contributed by atoms with E-state index in [9.17, 15) is 14.4 Å². The van der Waals surface area contributed by atoms with Crippen molar-refractivity contribution in [2.45, 2.75) is 38.1 Å². The Balaban J connectivity index is 1.45. The SMILES string of the molecule is O=C(COC(=O)c1ccc(NC(=O)c2cccs2)cc1)NC1CCCCC1. The first-order valence-corrected chi connectivity index (χ1v) is 9.91. The molecule has 0 aliphatic heterocycles. The molecule has 142 valence electrons. The van der Waals surface area contributed by atoms with E-state index >= 15 is 0 Å². The highest BCUT2D eigenvalue weighted by atomic mass is 32.1. The molecule has 2 aromatic rings. The van der Waals surface area contributed by atoms with Crippen molar-refractivity contribution in [2.24, 2.45) is 0 Å². The number of esters is 1. The highest BCUT2D eigenvalue weighted by Crippen LogP contribution is 2.17. The van der Waals surface area contributed by atoms with E-state index in [2.05, 4.69) is 10.6 Å². The number of amides is 2. The van der Waals surface area contributed by atoms with Crippen molar-refractivity contribution in [3.8, 4) is 0 Å². The Hall–Kier alpha value is -2.67. The molecule has 1 fully saturated rings. The minimum Gasteiger partial charge on any atom is -0.452 e. The van der Waals surface area contributed by atoms with E-state index in [1.807, 2.05) is 11.4 Å². The van der Waals surface area contributed by atoms with Crippen molar-refractivity contribution < 1.29 is 19.1 Å². The number of hydrogen-bond acceptors (Lipinski definition) is 5. The van der Waals surface area contributed by atoms with Gasteiger partial charge < -0.3 is 15.4 Å². The largest absolute Gasteiger partial charge is 0.452 e. The molecule has 1 aromatic heterocycles. The minimum absolute atomic E-state index is 0.191. The zero-order valence-electron chi connectivity index (χ0n) is 14.9. The van der Waals surface area contributed by atoms with Gasteiger partial charge in [0, 0.05) is 11.7 Å². The molecule has 0 atom stereocenters. The third-order valence-corrected chi connectivity index (χ3v) is 5.30. The van der Waals surface area contributed by atoms with Gasteiger partial charge >= 0.3 is 5.97 Å². The van der Waals surface area contributed by atoms with Crippen LogP contribution >= 0.6 is 11.3 Å². The van der Waals surface area contributed by atoms with Gasteiger partial charge in [-0.1, -0.05) is 25.3 Å². The Labute approximate surface area is 161 Å². The summed E-state index contributed by atoms with van der Waals surface area (Å²) in [7, 11) is 0. The van der Waals surface area contributed by atoms with Gasteiger partial charge in [-0.05, 0) is 48.6 Å². The van der Waals surface area contributed by atoms with Gasteiger partial charge in [-0.3, -0.25) is 9.59 Å². The van der Waals surface area contributed by atoms with Crippen LogP contribution in [0.4, 0.5) is 5.69 Å². The first kappa shape index (κ1) is 19.1. The number of thiophene rings is 1. The summed E-state index contributed by atoms with van der Waals surface area (Å²) in [6, 6.07) is 10.1. The van der Waals surface area contributed by atoms with E-state index in [0.717, 1.165) is 25.7 Å². The summed E-state index contributed by atoms with van der Waals surface area (Å²) in [6.07, 6.45) is 5.43. The number of carbonyl (C=O) groups excluding carboxylic acids is 3. The monoisotopic (exact) mass is 386 g/mol. The van der Waals surface area contributed by atoms with E-state index in [4.69, 9.17) is 4.74 Å². The van der Waals surface area contributed by atoms with Crippen LogP contribution in [0, 0.1) is 0 Å². The van der Waals surface area contributed by atoms with Gasteiger partial charge in [0.15, 0.2) is 6.61 Å². The predicted octanol–water partition coefficient (Wildman–Crippen LogP) is 3.61. The van der Waals surface area contributed by atoms with Gasteiger partial charge in [0.05, 0.1) is 10.4 Å². The number of nitrogens with one attached hydrogen (secondary N) is 2. The first-order chi connectivity index (χ1) is 13.1. The van der Waals surface area contributed by atoms with Gasteiger partial charge in [0.25, 0.3) is 11.8 Å². The maximum Gasteiger partial charge on any atom is 0.338 e. The highest BCUT2D eigenvalue weighted by Gasteiger charge is 2.17. The Morgan fingerprint density at radius 3 is 2.44 bits per heavy atom. The second-order valence-electron chi connectivity index (χ2n) is 6.49. The highest BCUT2D eigenvalue weighted by molar-refractivity contribution is 7.12. The molecule has 27 heavy (non-hydrogen) atoms. The van der Waals surface area contributed by atoms with Gasteiger partial charge in [-0.2, -0.15) is 0 Å². The predicted molar refractivity (Wildman–Crippen MR) is 104 cm³/mol. The smallest absolute Gasteiger partial charge is 0.338 e. The van der Waals surface area contributed by atoms with Crippen molar-refractivity contribution in [2.75, 3.05) is 11.9 Å². The lowest BCUT2D eigenvalue weighted by Gasteiger charge is -2.22. The average molecular weight is 386 g/mol. The van der Waals surface area contributed by atoms with Crippen LogP contribution in [0.15, 0.2) is 41.8 Å². The van der Waals surface area contributed by atoms with E-state index < -0.39 is 5.97 Å². The molecule has 6 nitrogen and oxygen atoms in total. The zero-order chi connectivity index (χ0) is 19.1. The van der Waals surface area contributed by atoms with Crippen LogP contribution < -0.4 is 10.6 Å². The van der Waals surface area contributed by atoms with Crippen molar-refractivity contribution in [1.29, 1.82) is 0 Å². The molecule has 0 radical (unpaired) electrons. The van der Waals surface area contributed by atoms with E-state index in [0.29, 0.717) is 16.1 Å². The summed E-state index contributed by atoms with van der Waals surface area (Å²) in [5, 5.41) is 7.50. The Morgan fingerprint density at radius 1 is 1.04 bits per heavy atom. The summed E-state index contributed by atoms with van der Waals surface area (Å²) in [5.41, 5.74) is 0.912. The molecule has 1 saturated carbocycles. The van der Waals surface area contributed by atoms with Crippen LogP contribution in [0.2, 0.25) is 0 Å². The van der Waals surface area contributed by atoms with Crippen LogP contribution in [0.3, 0.4) is 0 Å². The van der Waals surface area contributed by atoms with Crippen LogP contribution in [-0.4, -0.2) is 30.4 Å². The summed E-state index contributed by atoms with van der Waals surface area (Å²) >= 11 is 1.36. The molecular formula is C20H22N2O4S. The molecule has 3 rings (SSSR count). The molecule has 0 bridgehead atoms. The van der Waals surface area contributed by atoms with Crippen LogP contribution in [0.1, 0.15) is 52.1 Å². The van der Waals surface area contributed by atoms with Crippen LogP contribution in [0.5, 0.6) is 0 Å². The third kappa shape index (κ3) is 5.65. The number of anilines is 1. The Morgan fingerprint density at radius 2 is 1.78 bits per heavy atom. The molecule has 1 aliphatic rings. The normalized spacial score (nSPS) is 14.4. The van der Waals surface area contributed by atoms with Crippen LogP contribution in [0.25, 0.3) is 0 Å². The van der Waals surface area contributed by atoms with Gasteiger partial charge in [0.1, 0.15) is 0 Å². The van der Waals surface area contributed by atoms with Crippen LogP contribution in [-0.2, 0) is 9.53 Å². The van der Waals surface area contributed by atoms with Crippen molar-refractivity contribution in [3.05, 3.63) is 52.2 Å². The number of ether oxygens (including phenoxy) is 1. The molecule has 0 saturated heterocycles. The van der Waals surface area contributed by atoms with Gasteiger partial charge in [0.2, 0.25) is 0 Å². The lowest BCUT2D eigenvalue weighted by molar-refractivity contribution is -0.125. The zero-order valence-corrected chi connectivity index (χ0v) is 15.7. The maximum absolute atomic E-state index is 12.1. The minimum atomic E-state index is -0.565. The number of hydrogen-bond donors (Lipinski definition) is 2. The lowest BCUT2D eigenvalue weighted by Crippen LogP contribution is -2.38. The molecule has 2 N–H and O–H groups in total. The molecule has 1 aliphatic carbocycles. The molecule has 0 spiro atoms. The average Bonchev–Trinajstić information content (AvgIpc) is 3.22. The quantitative estimate of drug-likeness (QED) is 0.743. The third-order valence-electron chi connectivity index (χ3n) is 4.43. The molecule has 1 aromatic carbocycles. The number of benzene rings is 1. The Bertz CT molecular complexity index is 781. The standard InChI is InChI=1S/C20H22N2O4S/c23-18(21-15-5-2-1-3-6-15)13-26-20(25)14-8-10-16(11-9-14)22-19(24)17-7-4-12-27-17/h4,7-12,15H,1-3,5-6,13H2,(H,21,23)(H,22,24). The second kappa shape index (κ2) is 9.32. The molecular weight excluding hydrogens is 364 g/mol. The van der Waals surface area contributed by atoms with E-state index in [1.165, 1.54) is 17.8 Å².